The van der Waals surface area contributed by atoms with Crippen molar-refractivity contribution < 1.29 is 0 Å². The third-order valence-corrected chi connectivity index (χ3v) is 4.57. The molecule has 0 aliphatic heterocycles. The maximum atomic E-state index is 2.19. The maximum Gasteiger partial charge on any atom is 0.238 e. The van der Waals surface area contributed by atoms with E-state index in [4.69, 9.17) is 0 Å². The molecule has 0 amide bonds. The van der Waals surface area contributed by atoms with Crippen LogP contribution in [0.25, 0.3) is 20.9 Å². The van der Waals surface area contributed by atoms with Crippen LogP contribution in [0.3, 0.4) is 0 Å². The normalized spacial score (nSPS) is 10.5. The zero-order valence-corrected chi connectivity index (χ0v) is 12.6. The summed E-state index contributed by atoms with van der Waals surface area (Å²) in [6, 6.07) is 24.0. The van der Waals surface area contributed by atoms with E-state index >= 15 is 0 Å². The van der Waals surface area contributed by atoms with Crippen LogP contribution in [-0.2, 0) is 0 Å². The van der Waals surface area contributed by atoms with Crippen molar-refractivity contribution in [1.82, 2.24) is 0 Å². The van der Waals surface area contributed by atoms with Gasteiger partial charge >= 0.3 is 0 Å². The summed E-state index contributed by atoms with van der Waals surface area (Å²) in [5.74, 6) is 0. The fourth-order valence-electron chi connectivity index (χ4n) is 2.16. The van der Waals surface area contributed by atoms with Crippen molar-refractivity contribution in [3.8, 4) is 20.9 Å². The van der Waals surface area contributed by atoms with Gasteiger partial charge in [-0.3, -0.25) is 0 Å². The molecular weight excluding hydrogens is 260 g/mol. The van der Waals surface area contributed by atoms with Gasteiger partial charge in [-0.1, -0.05) is 41.5 Å². The highest BCUT2D eigenvalue weighted by atomic mass is 32.1. The summed E-state index contributed by atoms with van der Waals surface area (Å²) >= 11 is 1.84. The summed E-state index contributed by atoms with van der Waals surface area (Å²) in [5, 5.41) is 0. The summed E-state index contributed by atoms with van der Waals surface area (Å²) in [6.45, 7) is 4.24. The van der Waals surface area contributed by atoms with Gasteiger partial charge in [0, 0.05) is 23.3 Å². The van der Waals surface area contributed by atoms with Crippen molar-refractivity contribution in [1.29, 1.82) is 0 Å². The molecule has 3 aromatic rings. The second-order valence-electron chi connectivity index (χ2n) is 5.09. The Bertz CT molecular complexity index is 649. The highest BCUT2D eigenvalue weighted by Gasteiger charge is 2.15. The van der Waals surface area contributed by atoms with Crippen LogP contribution in [0.15, 0.2) is 66.7 Å². The van der Waals surface area contributed by atoms with Crippen LogP contribution >= 0.6 is 11.3 Å². The minimum Gasteiger partial charge on any atom is -0.0585 e. The van der Waals surface area contributed by atoms with Crippen LogP contribution < -0.4 is 0 Å². The number of hydrogen-bond donors (Lipinski definition) is 0. The third kappa shape index (κ3) is 2.78. The van der Waals surface area contributed by atoms with E-state index < -0.39 is 0 Å². The molecule has 1 heterocycles. The molecule has 0 nitrogen and oxygen atoms in total. The van der Waals surface area contributed by atoms with E-state index in [1.54, 1.807) is 0 Å². The molecule has 1 aromatic heterocycles. The van der Waals surface area contributed by atoms with Crippen molar-refractivity contribution in [2.45, 2.75) is 13.8 Å². The Morgan fingerprint density at radius 2 is 0.950 bits per heavy atom. The van der Waals surface area contributed by atoms with Gasteiger partial charge in [0.15, 0.2) is 0 Å². The lowest BCUT2D eigenvalue weighted by Crippen LogP contribution is -1.79. The zero-order valence-electron chi connectivity index (χ0n) is 11.8. The molecule has 0 fully saturated rings. The fourth-order valence-corrected chi connectivity index (χ4v) is 3.19. The second kappa shape index (κ2) is 5.56. The molecule has 2 aromatic carbocycles. The number of hydrogen-bond acceptors (Lipinski definition) is 0. The predicted octanol–water partition coefficient (Wildman–Crippen LogP) is 5.98. The van der Waals surface area contributed by atoms with E-state index in [-0.39, 0.29) is 0 Å². The van der Waals surface area contributed by atoms with Gasteiger partial charge in [0.05, 0.1) is 0 Å². The number of aryl methyl sites for hydroxylation is 2. The van der Waals surface area contributed by atoms with E-state index in [1.807, 2.05) is 11.3 Å². The quantitative estimate of drug-likeness (QED) is 0.505. The first-order valence-corrected chi connectivity index (χ1v) is 7.61. The van der Waals surface area contributed by atoms with Gasteiger partial charge < -0.3 is 0 Å². The topological polar surface area (TPSA) is 0 Å². The molecule has 0 aliphatic rings. The minimum absolute atomic E-state index is 1.29. The Balaban J connectivity index is 2.01. The monoisotopic (exact) mass is 277 g/mol. The molecule has 0 bridgehead atoms. The third-order valence-electron chi connectivity index (χ3n) is 3.39. The summed E-state index contributed by atoms with van der Waals surface area (Å²) in [4.78, 5) is 2.62. The molecule has 0 atom stereocenters. The first-order chi connectivity index (χ1) is 9.72. The Labute approximate surface area is 124 Å². The summed E-state index contributed by atoms with van der Waals surface area (Å²) in [6.07, 6.45) is 0. The van der Waals surface area contributed by atoms with Gasteiger partial charge in [-0.25, -0.2) is 0 Å². The van der Waals surface area contributed by atoms with Gasteiger partial charge in [0.2, 0.25) is 21.1 Å². The SMILES string of the molecule is Cc1ccc(-c2cccc(-c3ccc(C)cc3)[s+]2)cc1. The van der Waals surface area contributed by atoms with Crippen molar-refractivity contribution >= 4 is 11.3 Å². The smallest absolute Gasteiger partial charge is 0.0585 e. The minimum atomic E-state index is 1.29. The Hall–Kier alpha value is -1.99. The van der Waals surface area contributed by atoms with Crippen molar-refractivity contribution in [3.05, 3.63) is 77.9 Å². The zero-order chi connectivity index (χ0) is 13.9. The van der Waals surface area contributed by atoms with E-state index in [1.165, 1.54) is 32.0 Å². The van der Waals surface area contributed by atoms with Crippen molar-refractivity contribution in [3.63, 3.8) is 0 Å². The lowest BCUT2D eigenvalue weighted by atomic mass is 10.1. The first kappa shape index (κ1) is 13.0. The van der Waals surface area contributed by atoms with Gasteiger partial charge in [0.25, 0.3) is 0 Å². The molecule has 0 spiro atoms. The van der Waals surface area contributed by atoms with E-state index in [9.17, 15) is 0 Å². The number of benzene rings is 2. The highest BCUT2D eigenvalue weighted by molar-refractivity contribution is 7.18. The van der Waals surface area contributed by atoms with E-state index in [0.717, 1.165) is 0 Å². The molecule has 3 rings (SSSR count). The van der Waals surface area contributed by atoms with Gasteiger partial charge in [-0.05, 0) is 38.1 Å². The molecule has 0 saturated carbocycles. The Morgan fingerprint density at radius 1 is 0.550 bits per heavy atom. The first-order valence-electron chi connectivity index (χ1n) is 6.79. The van der Waals surface area contributed by atoms with Crippen molar-refractivity contribution in [2.24, 2.45) is 0 Å². The average Bonchev–Trinajstić information content (AvgIpc) is 2.49. The molecule has 0 saturated heterocycles. The van der Waals surface area contributed by atoms with Crippen LogP contribution in [0, 0.1) is 13.8 Å². The van der Waals surface area contributed by atoms with Crippen LogP contribution in [0.2, 0.25) is 0 Å². The van der Waals surface area contributed by atoms with Crippen LogP contribution in [0.5, 0.6) is 0 Å². The van der Waals surface area contributed by atoms with Gasteiger partial charge in [-0.2, -0.15) is 0 Å². The second-order valence-corrected chi connectivity index (χ2v) is 6.17. The summed E-state index contributed by atoms with van der Waals surface area (Å²) in [5.41, 5.74) is 5.17. The lowest BCUT2D eigenvalue weighted by Gasteiger charge is -1.97. The standard InChI is InChI=1S/C19H17S/c1-14-6-10-16(11-7-14)18-4-3-5-19(20-18)17-12-8-15(2)9-13-17/h3-13H,1-2H3/q+1. The molecular formula is C19H17S+. The summed E-state index contributed by atoms with van der Waals surface area (Å²) in [7, 11) is 0. The van der Waals surface area contributed by atoms with Gasteiger partial charge in [0.1, 0.15) is 0 Å². The molecule has 20 heavy (non-hydrogen) atoms. The maximum absolute atomic E-state index is 2.19. The number of rotatable bonds is 2. The Morgan fingerprint density at radius 3 is 1.35 bits per heavy atom. The highest BCUT2D eigenvalue weighted by Crippen LogP contribution is 2.32. The molecule has 0 unspecified atom stereocenters. The molecule has 0 N–H and O–H groups in total. The average molecular weight is 277 g/mol. The van der Waals surface area contributed by atoms with E-state index in [2.05, 4.69) is 80.6 Å². The molecule has 0 radical (unpaired) electrons. The summed E-state index contributed by atoms with van der Waals surface area (Å²) < 4.78 is 0. The van der Waals surface area contributed by atoms with Crippen molar-refractivity contribution in [2.75, 3.05) is 0 Å². The predicted molar refractivity (Wildman–Crippen MR) is 89.1 cm³/mol. The molecule has 0 aliphatic carbocycles. The Kier molecular flexibility index (Phi) is 3.62. The van der Waals surface area contributed by atoms with Gasteiger partial charge in [-0.15, -0.1) is 0 Å². The fraction of sp³-hybridized carbons (Fsp3) is 0.105. The van der Waals surface area contributed by atoms with Crippen LogP contribution in [0.1, 0.15) is 11.1 Å². The van der Waals surface area contributed by atoms with Crippen LogP contribution in [0.4, 0.5) is 0 Å². The van der Waals surface area contributed by atoms with E-state index in [0.29, 0.717) is 0 Å². The molecule has 98 valence electrons. The largest absolute Gasteiger partial charge is 0.238 e. The lowest BCUT2D eigenvalue weighted by molar-refractivity contribution is 1.47. The molecule has 1 heteroatoms. The van der Waals surface area contributed by atoms with Crippen LogP contribution in [-0.4, -0.2) is 0 Å².